The number of aryl methyl sites for hydroxylation is 1. The molecule has 0 unspecified atom stereocenters. The zero-order valence-electron chi connectivity index (χ0n) is 12.5. The Morgan fingerprint density at radius 3 is 2.43 bits per heavy atom. The molecule has 0 aliphatic carbocycles. The number of carbonyl (C=O) groups is 2. The van der Waals surface area contributed by atoms with Crippen molar-refractivity contribution in [3.05, 3.63) is 35.4 Å². The van der Waals surface area contributed by atoms with Gasteiger partial charge in [0.1, 0.15) is 0 Å². The van der Waals surface area contributed by atoms with Crippen molar-refractivity contribution in [1.29, 1.82) is 0 Å². The summed E-state index contributed by atoms with van der Waals surface area (Å²) in [6, 6.07) is 7.90. The van der Waals surface area contributed by atoms with E-state index in [9.17, 15) is 9.59 Å². The standard InChI is InChI=1S/C17H22N2O2/c1-2-13-3-5-14(6-4-13)16(21)19-9-7-17(8-10-19)11-15(20)18-12-17/h3-6H,2,7-12H2,1H3,(H,18,20). The molecule has 0 bridgehead atoms. The Morgan fingerprint density at radius 1 is 1.24 bits per heavy atom. The molecule has 3 rings (SSSR count). The molecule has 2 aliphatic rings. The molecule has 1 aromatic carbocycles. The molecule has 0 atom stereocenters. The topological polar surface area (TPSA) is 49.4 Å². The third kappa shape index (κ3) is 2.80. The van der Waals surface area contributed by atoms with Crippen molar-refractivity contribution in [1.82, 2.24) is 10.2 Å². The van der Waals surface area contributed by atoms with Gasteiger partial charge in [-0.3, -0.25) is 9.59 Å². The van der Waals surface area contributed by atoms with E-state index in [-0.39, 0.29) is 17.2 Å². The van der Waals surface area contributed by atoms with E-state index >= 15 is 0 Å². The molecule has 112 valence electrons. The Hall–Kier alpha value is -1.84. The van der Waals surface area contributed by atoms with Crippen LogP contribution >= 0.6 is 0 Å². The Labute approximate surface area is 125 Å². The first-order valence-corrected chi connectivity index (χ1v) is 7.77. The highest BCUT2D eigenvalue weighted by Crippen LogP contribution is 2.37. The van der Waals surface area contributed by atoms with Crippen molar-refractivity contribution in [3.63, 3.8) is 0 Å². The van der Waals surface area contributed by atoms with Gasteiger partial charge in [0.2, 0.25) is 5.91 Å². The molecule has 1 N–H and O–H groups in total. The first-order valence-electron chi connectivity index (χ1n) is 7.77. The summed E-state index contributed by atoms with van der Waals surface area (Å²) in [7, 11) is 0. The Kier molecular flexibility index (Phi) is 3.70. The highest BCUT2D eigenvalue weighted by atomic mass is 16.2. The molecule has 2 amide bonds. The number of hydrogen-bond acceptors (Lipinski definition) is 2. The monoisotopic (exact) mass is 286 g/mol. The van der Waals surface area contributed by atoms with Crippen molar-refractivity contribution in [2.75, 3.05) is 19.6 Å². The van der Waals surface area contributed by atoms with Gasteiger partial charge in [0.05, 0.1) is 0 Å². The lowest BCUT2D eigenvalue weighted by atomic mass is 9.77. The van der Waals surface area contributed by atoms with E-state index < -0.39 is 0 Å². The largest absolute Gasteiger partial charge is 0.356 e. The van der Waals surface area contributed by atoms with Crippen molar-refractivity contribution in [2.24, 2.45) is 5.41 Å². The summed E-state index contributed by atoms with van der Waals surface area (Å²) in [5, 5.41) is 2.93. The molecule has 0 radical (unpaired) electrons. The molecular weight excluding hydrogens is 264 g/mol. The average molecular weight is 286 g/mol. The van der Waals surface area contributed by atoms with Crippen LogP contribution in [-0.2, 0) is 11.2 Å². The van der Waals surface area contributed by atoms with Gasteiger partial charge in [-0.25, -0.2) is 0 Å². The lowest BCUT2D eigenvalue weighted by Gasteiger charge is -2.38. The van der Waals surface area contributed by atoms with Gasteiger partial charge < -0.3 is 10.2 Å². The molecule has 21 heavy (non-hydrogen) atoms. The van der Waals surface area contributed by atoms with Crippen LogP contribution in [-0.4, -0.2) is 36.3 Å². The van der Waals surface area contributed by atoms with Gasteiger partial charge in [0.15, 0.2) is 0 Å². The van der Waals surface area contributed by atoms with Crippen LogP contribution in [0.25, 0.3) is 0 Å². The van der Waals surface area contributed by atoms with Crippen LogP contribution < -0.4 is 5.32 Å². The number of likely N-dealkylation sites (tertiary alicyclic amines) is 1. The van der Waals surface area contributed by atoms with E-state index in [0.717, 1.165) is 44.5 Å². The highest BCUT2D eigenvalue weighted by Gasteiger charge is 2.41. The van der Waals surface area contributed by atoms with E-state index in [2.05, 4.69) is 12.2 Å². The molecule has 2 fully saturated rings. The molecule has 0 saturated carbocycles. The number of piperidine rings is 1. The zero-order chi connectivity index (χ0) is 14.9. The smallest absolute Gasteiger partial charge is 0.253 e. The van der Waals surface area contributed by atoms with Crippen molar-refractivity contribution >= 4 is 11.8 Å². The molecule has 1 aromatic rings. The average Bonchev–Trinajstić information content (AvgIpc) is 2.88. The lowest BCUT2D eigenvalue weighted by Crippen LogP contribution is -2.44. The quantitative estimate of drug-likeness (QED) is 0.904. The number of nitrogens with zero attached hydrogens (tertiary/aromatic N) is 1. The van der Waals surface area contributed by atoms with E-state index in [1.54, 1.807) is 0 Å². The second-order valence-corrected chi connectivity index (χ2v) is 6.30. The van der Waals surface area contributed by atoms with Crippen molar-refractivity contribution < 1.29 is 9.59 Å². The number of nitrogens with one attached hydrogen (secondary N) is 1. The van der Waals surface area contributed by atoms with Crippen molar-refractivity contribution in [2.45, 2.75) is 32.6 Å². The highest BCUT2D eigenvalue weighted by molar-refractivity contribution is 5.94. The fourth-order valence-electron chi connectivity index (χ4n) is 3.35. The minimum atomic E-state index is 0.0972. The van der Waals surface area contributed by atoms with Gasteiger partial charge in [-0.1, -0.05) is 19.1 Å². The lowest BCUT2D eigenvalue weighted by molar-refractivity contribution is -0.119. The van der Waals surface area contributed by atoms with E-state index in [0.29, 0.717) is 6.42 Å². The normalized spacial score (nSPS) is 20.6. The zero-order valence-corrected chi connectivity index (χ0v) is 12.5. The third-order valence-electron chi connectivity index (χ3n) is 4.92. The van der Waals surface area contributed by atoms with E-state index in [1.165, 1.54) is 5.56 Å². The second kappa shape index (κ2) is 5.51. The van der Waals surface area contributed by atoms with Gasteiger partial charge >= 0.3 is 0 Å². The van der Waals surface area contributed by atoms with Crippen LogP contribution in [0, 0.1) is 5.41 Å². The summed E-state index contributed by atoms with van der Waals surface area (Å²) >= 11 is 0. The maximum absolute atomic E-state index is 12.5. The maximum Gasteiger partial charge on any atom is 0.253 e. The number of amides is 2. The minimum Gasteiger partial charge on any atom is -0.356 e. The molecule has 0 aromatic heterocycles. The van der Waals surface area contributed by atoms with E-state index in [4.69, 9.17) is 0 Å². The van der Waals surface area contributed by atoms with Gasteiger partial charge in [-0.05, 0) is 42.4 Å². The molecule has 2 aliphatic heterocycles. The number of carbonyl (C=O) groups excluding carboxylic acids is 2. The van der Waals surface area contributed by atoms with Crippen molar-refractivity contribution in [3.8, 4) is 0 Å². The second-order valence-electron chi connectivity index (χ2n) is 6.30. The molecule has 1 spiro atoms. The molecule has 4 nitrogen and oxygen atoms in total. The molecule has 2 saturated heterocycles. The predicted octanol–water partition coefficient (Wildman–Crippen LogP) is 1.99. The molecule has 4 heteroatoms. The maximum atomic E-state index is 12.5. The van der Waals surface area contributed by atoms with Crippen LogP contribution in [0.3, 0.4) is 0 Å². The number of hydrogen-bond donors (Lipinski definition) is 1. The van der Waals surface area contributed by atoms with E-state index in [1.807, 2.05) is 29.2 Å². The van der Waals surface area contributed by atoms with Gasteiger partial charge in [0, 0.05) is 31.6 Å². The summed E-state index contributed by atoms with van der Waals surface area (Å²) in [5.74, 6) is 0.273. The van der Waals surface area contributed by atoms with Crippen LogP contribution in [0.15, 0.2) is 24.3 Å². The first kappa shape index (κ1) is 14.1. The Bertz CT molecular complexity index is 542. The summed E-state index contributed by atoms with van der Waals surface area (Å²) < 4.78 is 0. The van der Waals surface area contributed by atoms with Gasteiger partial charge in [-0.15, -0.1) is 0 Å². The molecular formula is C17H22N2O2. The Balaban J connectivity index is 1.63. The summed E-state index contributed by atoms with van der Waals surface area (Å²) in [5.41, 5.74) is 2.11. The Morgan fingerprint density at radius 2 is 1.90 bits per heavy atom. The van der Waals surface area contributed by atoms with Crippen LogP contribution in [0.2, 0.25) is 0 Å². The summed E-state index contributed by atoms with van der Waals surface area (Å²) in [6.45, 7) is 4.39. The molecule has 2 heterocycles. The van der Waals surface area contributed by atoms with Crippen LogP contribution in [0.4, 0.5) is 0 Å². The summed E-state index contributed by atoms with van der Waals surface area (Å²) in [6.07, 6.45) is 3.46. The fourth-order valence-corrected chi connectivity index (χ4v) is 3.35. The summed E-state index contributed by atoms with van der Waals surface area (Å²) in [4.78, 5) is 25.9. The van der Waals surface area contributed by atoms with Crippen LogP contribution in [0.1, 0.15) is 42.1 Å². The number of benzene rings is 1. The van der Waals surface area contributed by atoms with Gasteiger partial charge in [-0.2, -0.15) is 0 Å². The van der Waals surface area contributed by atoms with Gasteiger partial charge in [0.25, 0.3) is 5.91 Å². The fraction of sp³-hybridized carbons (Fsp3) is 0.529. The SMILES string of the molecule is CCc1ccc(C(=O)N2CCC3(CC2)CNC(=O)C3)cc1. The number of rotatable bonds is 2. The third-order valence-corrected chi connectivity index (χ3v) is 4.92. The minimum absolute atomic E-state index is 0.0972. The van der Waals surface area contributed by atoms with Crippen LogP contribution in [0.5, 0.6) is 0 Å². The first-order chi connectivity index (χ1) is 10.1. The predicted molar refractivity (Wildman–Crippen MR) is 81.0 cm³/mol.